The van der Waals surface area contributed by atoms with Crippen molar-refractivity contribution >= 4 is 23.1 Å². The van der Waals surface area contributed by atoms with E-state index in [1.165, 1.54) is 60.9 Å². The summed E-state index contributed by atoms with van der Waals surface area (Å²) < 4.78 is 38.0. The van der Waals surface area contributed by atoms with E-state index in [-0.39, 0.29) is 0 Å². The van der Waals surface area contributed by atoms with Crippen molar-refractivity contribution in [1.82, 2.24) is 20.2 Å². The second kappa shape index (κ2) is 7.63. The first-order valence-electron chi connectivity index (χ1n) is 8.66. The molecule has 27 heavy (non-hydrogen) atoms. The average Bonchev–Trinajstić information content (AvgIpc) is 3.39. The number of thioether (sulfide) groups is 1. The lowest BCUT2D eigenvalue weighted by Crippen LogP contribution is -2.03. The smallest absolute Gasteiger partial charge is 0.262 e. The Morgan fingerprint density at radius 1 is 1.11 bits per heavy atom. The largest absolute Gasteiger partial charge is 0.416 e. The van der Waals surface area contributed by atoms with E-state index >= 15 is 0 Å². The summed E-state index contributed by atoms with van der Waals surface area (Å²) in [6, 6.07) is 5.09. The van der Waals surface area contributed by atoms with Crippen LogP contribution in [0.5, 0.6) is 0 Å². The van der Waals surface area contributed by atoms with Gasteiger partial charge in [-0.3, -0.25) is 5.10 Å². The summed E-state index contributed by atoms with van der Waals surface area (Å²) in [6.45, 7) is 0. The maximum absolute atomic E-state index is 12.7. The molecule has 1 saturated carbocycles. The number of alkyl halides is 3. The van der Waals surface area contributed by atoms with Gasteiger partial charge in [-0.25, -0.2) is 9.97 Å². The molecule has 0 amide bonds. The van der Waals surface area contributed by atoms with E-state index in [2.05, 4.69) is 20.2 Å². The van der Waals surface area contributed by atoms with Crippen LogP contribution in [0.25, 0.3) is 10.6 Å². The molecule has 0 aliphatic heterocycles. The molecule has 1 aliphatic rings. The highest BCUT2D eigenvalue weighted by Crippen LogP contribution is 2.34. The Morgan fingerprint density at radius 3 is 2.56 bits per heavy atom. The van der Waals surface area contributed by atoms with E-state index in [9.17, 15) is 13.2 Å². The van der Waals surface area contributed by atoms with Crippen molar-refractivity contribution in [2.45, 2.75) is 48.7 Å². The molecular formula is C18H17F3N4S2. The quantitative estimate of drug-likeness (QED) is 0.532. The van der Waals surface area contributed by atoms with Crippen molar-refractivity contribution in [1.29, 1.82) is 0 Å². The van der Waals surface area contributed by atoms with Crippen molar-refractivity contribution in [3.05, 3.63) is 46.7 Å². The van der Waals surface area contributed by atoms with Crippen molar-refractivity contribution in [3.8, 4) is 10.6 Å². The van der Waals surface area contributed by atoms with Crippen LogP contribution >= 0.6 is 23.1 Å². The Kier molecular flexibility index (Phi) is 5.23. The van der Waals surface area contributed by atoms with Gasteiger partial charge in [0.25, 0.3) is 0 Å². The van der Waals surface area contributed by atoms with Crippen molar-refractivity contribution in [2.75, 3.05) is 0 Å². The minimum atomic E-state index is -4.32. The topological polar surface area (TPSA) is 54.5 Å². The molecule has 142 valence electrons. The van der Waals surface area contributed by atoms with Crippen molar-refractivity contribution < 1.29 is 13.2 Å². The van der Waals surface area contributed by atoms with Crippen LogP contribution in [0.3, 0.4) is 0 Å². The summed E-state index contributed by atoms with van der Waals surface area (Å²) in [5.74, 6) is 2.09. The molecule has 4 nitrogen and oxygen atoms in total. The third-order valence-electron chi connectivity index (χ3n) is 4.58. The molecule has 1 aliphatic carbocycles. The first-order valence-corrected chi connectivity index (χ1v) is 10.5. The Balaban J connectivity index is 1.38. The highest BCUT2D eigenvalue weighted by atomic mass is 32.2. The van der Waals surface area contributed by atoms with Gasteiger partial charge < -0.3 is 0 Å². The van der Waals surface area contributed by atoms with Crippen LogP contribution < -0.4 is 0 Å². The number of thiazole rings is 1. The number of aromatic nitrogens is 4. The van der Waals surface area contributed by atoms with Gasteiger partial charge >= 0.3 is 6.18 Å². The molecule has 2 aromatic heterocycles. The Bertz CT molecular complexity index is 896. The van der Waals surface area contributed by atoms with E-state index in [0.29, 0.717) is 27.4 Å². The summed E-state index contributed by atoms with van der Waals surface area (Å²) in [5, 5.41) is 10.6. The number of halogens is 3. The number of rotatable bonds is 5. The molecule has 1 N–H and O–H groups in total. The summed E-state index contributed by atoms with van der Waals surface area (Å²) in [5.41, 5.74) is 0.902. The maximum atomic E-state index is 12.7. The van der Waals surface area contributed by atoms with Gasteiger partial charge in [-0.2, -0.15) is 13.2 Å². The standard InChI is InChI=1S/C18H17F3N4S2/c19-18(20,21)13-7-5-12(6-8-13)16-22-14(9-26-16)10-27-17-23-15(24-25-17)11-3-1-2-4-11/h5-9,11H,1-4,10H2,(H,23,24,25). The van der Waals surface area contributed by atoms with Gasteiger partial charge in [-0.05, 0) is 25.0 Å². The molecule has 9 heteroatoms. The second-order valence-corrected chi connectivity index (χ2v) is 8.29. The number of aromatic amines is 1. The minimum absolute atomic E-state index is 0.498. The zero-order valence-electron chi connectivity index (χ0n) is 14.3. The average molecular weight is 410 g/mol. The van der Waals surface area contributed by atoms with Crippen LogP contribution in [-0.4, -0.2) is 20.2 Å². The van der Waals surface area contributed by atoms with E-state index in [1.807, 2.05) is 5.38 Å². The molecule has 0 saturated heterocycles. The van der Waals surface area contributed by atoms with Gasteiger partial charge in [-0.15, -0.1) is 16.4 Å². The molecule has 3 aromatic rings. The van der Waals surface area contributed by atoms with Crippen molar-refractivity contribution in [2.24, 2.45) is 0 Å². The highest BCUT2D eigenvalue weighted by Gasteiger charge is 2.30. The van der Waals surface area contributed by atoms with Gasteiger partial charge in [-0.1, -0.05) is 36.7 Å². The molecule has 1 fully saturated rings. The first-order chi connectivity index (χ1) is 13.0. The van der Waals surface area contributed by atoms with E-state index in [4.69, 9.17) is 0 Å². The van der Waals surface area contributed by atoms with Gasteiger partial charge in [0.1, 0.15) is 10.8 Å². The van der Waals surface area contributed by atoms with Gasteiger partial charge in [0.15, 0.2) is 0 Å². The van der Waals surface area contributed by atoms with Gasteiger partial charge in [0, 0.05) is 22.6 Å². The molecule has 0 unspecified atom stereocenters. The first kappa shape index (κ1) is 18.5. The number of H-pyrrole nitrogens is 1. The fourth-order valence-electron chi connectivity index (χ4n) is 3.15. The summed E-state index contributed by atoms with van der Waals surface area (Å²) in [4.78, 5) is 9.09. The molecular weight excluding hydrogens is 393 g/mol. The van der Waals surface area contributed by atoms with E-state index in [0.717, 1.165) is 23.7 Å². The number of hydrogen-bond donors (Lipinski definition) is 1. The predicted octanol–water partition coefficient (Wildman–Crippen LogP) is 5.90. The van der Waals surface area contributed by atoms with Gasteiger partial charge in [0.05, 0.1) is 11.3 Å². The molecule has 1 aromatic carbocycles. The second-order valence-electron chi connectivity index (χ2n) is 6.49. The Morgan fingerprint density at radius 2 is 1.85 bits per heavy atom. The van der Waals surface area contributed by atoms with Crippen LogP contribution in [0.15, 0.2) is 34.8 Å². The predicted molar refractivity (Wildman–Crippen MR) is 99.7 cm³/mol. The zero-order chi connectivity index (χ0) is 18.9. The monoisotopic (exact) mass is 410 g/mol. The lowest BCUT2D eigenvalue weighted by atomic mass is 10.1. The summed E-state index contributed by atoms with van der Waals surface area (Å²) in [7, 11) is 0. The normalized spacial score (nSPS) is 15.5. The summed E-state index contributed by atoms with van der Waals surface area (Å²) in [6.07, 6.45) is 0.514. The molecule has 4 rings (SSSR count). The number of nitrogens with zero attached hydrogens (tertiary/aromatic N) is 3. The van der Waals surface area contributed by atoms with Gasteiger partial charge in [0.2, 0.25) is 5.16 Å². The van der Waals surface area contributed by atoms with E-state index < -0.39 is 11.7 Å². The fraction of sp³-hybridized carbons (Fsp3) is 0.389. The fourth-order valence-corrected chi connectivity index (χ4v) is 4.78. The van der Waals surface area contributed by atoms with Crippen LogP contribution in [-0.2, 0) is 11.9 Å². The molecule has 2 heterocycles. The highest BCUT2D eigenvalue weighted by molar-refractivity contribution is 7.98. The Hall–Kier alpha value is -1.87. The molecule has 0 spiro atoms. The SMILES string of the molecule is FC(F)(F)c1ccc(-c2nc(CSc3n[nH]c(C4CCCC4)n3)cs2)cc1. The number of benzene rings is 1. The summed E-state index contributed by atoms with van der Waals surface area (Å²) >= 11 is 2.93. The van der Waals surface area contributed by atoms with E-state index in [1.54, 1.807) is 0 Å². The lowest BCUT2D eigenvalue weighted by Gasteiger charge is -2.06. The molecule has 0 atom stereocenters. The number of nitrogens with one attached hydrogen (secondary N) is 1. The minimum Gasteiger partial charge on any atom is -0.262 e. The third kappa shape index (κ3) is 4.35. The Labute approximate surface area is 162 Å². The molecule has 0 radical (unpaired) electrons. The van der Waals surface area contributed by atoms with Crippen molar-refractivity contribution in [3.63, 3.8) is 0 Å². The van der Waals surface area contributed by atoms with Crippen LogP contribution in [0.2, 0.25) is 0 Å². The lowest BCUT2D eigenvalue weighted by molar-refractivity contribution is -0.137. The third-order valence-corrected chi connectivity index (χ3v) is 6.41. The van der Waals surface area contributed by atoms with Crippen LogP contribution in [0.1, 0.15) is 48.7 Å². The maximum Gasteiger partial charge on any atom is 0.416 e. The zero-order valence-corrected chi connectivity index (χ0v) is 15.9. The number of hydrogen-bond acceptors (Lipinski definition) is 5. The van der Waals surface area contributed by atoms with Crippen LogP contribution in [0.4, 0.5) is 13.2 Å². The molecule has 0 bridgehead atoms. The van der Waals surface area contributed by atoms with Crippen LogP contribution in [0, 0.1) is 0 Å².